The fourth-order valence-corrected chi connectivity index (χ4v) is 2.06. The van der Waals surface area contributed by atoms with Crippen molar-refractivity contribution in [2.45, 2.75) is 13.8 Å². The summed E-state index contributed by atoms with van der Waals surface area (Å²) in [4.78, 5) is 12.2. The first kappa shape index (κ1) is 14.4. The number of aryl methyl sites for hydroxylation is 2. The molecular weight excluding hydrogens is 274 g/mol. The van der Waals surface area contributed by atoms with E-state index in [0.29, 0.717) is 22.0 Å². The second kappa shape index (κ2) is 5.97. The number of amides is 1. The molecule has 0 spiro atoms. The maximum Gasteiger partial charge on any atom is 0.255 e. The minimum Gasteiger partial charge on any atom is -0.496 e. The Hall–Kier alpha value is -2.00. The van der Waals surface area contributed by atoms with Gasteiger partial charge in [0, 0.05) is 16.3 Å². The molecule has 0 aliphatic carbocycles. The average Bonchev–Trinajstić information content (AvgIpc) is 2.43. The summed E-state index contributed by atoms with van der Waals surface area (Å²) in [5.74, 6) is 0.508. The normalized spacial score (nSPS) is 10.2. The fraction of sp³-hybridized carbons (Fsp3) is 0.188. The van der Waals surface area contributed by atoms with Crippen molar-refractivity contribution in [1.29, 1.82) is 0 Å². The van der Waals surface area contributed by atoms with Gasteiger partial charge in [-0.25, -0.2) is 0 Å². The molecule has 104 valence electrons. The van der Waals surface area contributed by atoms with Crippen LogP contribution in [0.1, 0.15) is 21.5 Å². The van der Waals surface area contributed by atoms with Crippen molar-refractivity contribution in [3.63, 3.8) is 0 Å². The van der Waals surface area contributed by atoms with E-state index in [9.17, 15) is 4.79 Å². The predicted molar refractivity (Wildman–Crippen MR) is 81.9 cm³/mol. The van der Waals surface area contributed by atoms with Crippen LogP contribution in [0.3, 0.4) is 0 Å². The summed E-state index contributed by atoms with van der Waals surface area (Å²) >= 11 is 5.94. The molecular formula is C16H16ClNO2. The Morgan fingerprint density at radius 3 is 2.50 bits per heavy atom. The molecule has 4 heteroatoms. The summed E-state index contributed by atoms with van der Waals surface area (Å²) in [5.41, 5.74) is 3.21. The van der Waals surface area contributed by atoms with Gasteiger partial charge in [-0.3, -0.25) is 4.79 Å². The first-order valence-corrected chi connectivity index (χ1v) is 6.61. The van der Waals surface area contributed by atoms with Crippen LogP contribution >= 0.6 is 11.6 Å². The number of carbonyl (C=O) groups excluding carboxylic acids is 1. The number of methoxy groups -OCH3 is 1. The summed E-state index contributed by atoms with van der Waals surface area (Å²) in [7, 11) is 1.59. The number of carbonyl (C=O) groups is 1. The predicted octanol–water partition coefficient (Wildman–Crippen LogP) is 4.22. The lowest BCUT2D eigenvalue weighted by atomic mass is 10.1. The zero-order chi connectivity index (χ0) is 14.7. The van der Waals surface area contributed by atoms with Crippen molar-refractivity contribution in [3.8, 4) is 5.75 Å². The molecule has 0 aliphatic heterocycles. The molecule has 2 aromatic rings. The largest absolute Gasteiger partial charge is 0.496 e. The fourth-order valence-electron chi connectivity index (χ4n) is 1.88. The number of rotatable bonds is 3. The molecule has 3 nitrogen and oxygen atoms in total. The van der Waals surface area contributed by atoms with Crippen LogP contribution in [-0.4, -0.2) is 13.0 Å². The van der Waals surface area contributed by atoms with Crippen LogP contribution in [0.5, 0.6) is 5.75 Å². The van der Waals surface area contributed by atoms with Crippen LogP contribution in [-0.2, 0) is 0 Å². The summed E-state index contributed by atoms with van der Waals surface area (Å²) in [6.45, 7) is 3.85. The molecule has 1 amide bonds. The van der Waals surface area contributed by atoms with Gasteiger partial charge in [0.05, 0.1) is 7.11 Å². The van der Waals surface area contributed by atoms with Crippen molar-refractivity contribution in [2.24, 2.45) is 0 Å². The highest BCUT2D eigenvalue weighted by Crippen LogP contribution is 2.23. The van der Waals surface area contributed by atoms with Crippen molar-refractivity contribution >= 4 is 23.2 Å². The molecule has 0 atom stereocenters. The number of hydrogen-bond acceptors (Lipinski definition) is 2. The van der Waals surface area contributed by atoms with Gasteiger partial charge in [0.25, 0.3) is 5.91 Å². The zero-order valence-corrected chi connectivity index (χ0v) is 12.4. The molecule has 0 radical (unpaired) electrons. The number of anilines is 1. The number of benzene rings is 2. The van der Waals surface area contributed by atoms with Crippen molar-refractivity contribution < 1.29 is 9.53 Å². The first-order chi connectivity index (χ1) is 9.51. The van der Waals surface area contributed by atoms with Crippen LogP contribution in [0.2, 0.25) is 5.02 Å². The monoisotopic (exact) mass is 289 g/mol. The van der Waals surface area contributed by atoms with Gasteiger partial charge in [0.15, 0.2) is 0 Å². The summed E-state index contributed by atoms with van der Waals surface area (Å²) in [6, 6.07) is 10.8. The highest BCUT2D eigenvalue weighted by Gasteiger charge is 2.10. The van der Waals surface area contributed by atoms with Crippen LogP contribution in [0.4, 0.5) is 5.69 Å². The maximum absolute atomic E-state index is 12.2. The van der Waals surface area contributed by atoms with Crippen molar-refractivity contribution in [1.82, 2.24) is 0 Å². The van der Waals surface area contributed by atoms with E-state index in [1.807, 2.05) is 26.0 Å². The summed E-state index contributed by atoms with van der Waals surface area (Å²) < 4.78 is 5.23. The number of halogens is 1. The Labute approximate surface area is 123 Å². The molecule has 1 N–H and O–H groups in total. The van der Waals surface area contributed by atoms with Gasteiger partial charge >= 0.3 is 0 Å². The number of ether oxygens (including phenoxy) is 1. The smallest absolute Gasteiger partial charge is 0.255 e. The van der Waals surface area contributed by atoms with Gasteiger partial charge in [-0.1, -0.05) is 23.7 Å². The Morgan fingerprint density at radius 2 is 1.80 bits per heavy atom. The van der Waals surface area contributed by atoms with Gasteiger partial charge in [-0.05, 0) is 49.2 Å². The highest BCUT2D eigenvalue weighted by atomic mass is 35.5. The van der Waals surface area contributed by atoms with E-state index in [0.717, 1.165) is 11.1 Å². The SMILES string of the molecule is COc1cc(C(=O)Nc2cc(Cl)ccc2C)ccc1C. The van der Waals surface area contributed by atoms with Gasteiger partial charge in [-0.15, -0.1) is 0 Å². The van der Waals surface area contributed by atoms with Gasteiger partial charge in [0.1, 0.15) is 5.75 Å². The lowest BCUT2D eigenvalue weighted by Gasteiger charge is -2.10. The standard InChI is InChI=1S/C16H16ClNO2/c1-10-5-7-13(17)9-14(10)18-16(19)12-6-4-11(2)15(8-12)20-3/h4-9H,1-3H3,(H,18,19). The Bertz CT molecular complexity index is 653. The molecule has 2 aromatic carbocycles. The number of nitrogens with one attached hydrogen (secondary N) is 1. The molecule has 0 heterocycles. The van der Waals surface area contributed by atoms with E-state index in [2.05, 4.69) is 5.32 Å². The van der Waals surface area contributed by atoms with Gasteiger partial charge in [0.2, 0.25) is 0 Å². The molecule has 0 unspecified atom stereocenters. The molecule has 0 aromatic heterocycles. The molecule has 20 heavy (non-hydrogen) atoms. The van der Waals surface area contributed by atoms with Crippen molar-refractivity contribution in [2.75, 3.05) is 12.4 Å². The van der Waals surface area contributed by atoms with E-state index in [1.165, 1.54) is 0 Å². The first-order valence-electron chi connectivity index (χ1n) is 6.23. The highest BCUT2D eigenvalue weighted by molar-refractivity contribution is 6.31. The van der Waals surface area contributed by atoms with Crippen LogP contribution in [0.15, 0.2) is 36.4 Å². The average molecular weight is 290 g/mol. The van der Waals surface area contributed by atoms with Crippen LogP contribution in [0.25, 0.3) is 0 Å². The molecule has 0 fully saturated rings. The third-order valence-corrected chi connectivity index (χ3v) is 3.35. The topological polar surface area (TPSA) is 38.3 Å². The maximum atomic E-state index is 12.2. The van der Waals surface area contributed by atoms with E-state index < -0.39 is 0 Å². The van der Waals surface area contributed by atoms with Crippen molar-refractivity contribution in [3.05, 3.63) is 58.1 Å². The Morgan fingerprint density at radius 1 is 1.10 bits per heavy atom. The van der Waals surface area contributed by atoms with E-state index in [-0.39, 0.29) is 5.91 Å². The lowest BCUT2D eigenvalue weighted by molar-refractivity contribution is 0.102. The van der Waals surface area contributed by atoms with Gasteiger partial charge in [-0.2, -0.15) is 0 Å². The zero-order valence-electron chi connectivity index (χ0n) is 11.7. The summed E-state index contributed by atoms with van der Waals surface area (Å²) in [5, 5.41) is 3.45. The van der Waals surface area contributed by atoms with E-state index >= 15 is 0 Å². The summed E-state index contributed by atoms with van der Waals surface area (Å²) in [6.07, 6.45) is 0. The second-order valence-corrected chi connectivity index (χ2v) is 5.03. The minimum atomic E-state index is -0.186. The van der Waals surface area contributed by atoms with Gasteiger partial charge < -0.3 is 10.1 Å². The molecule has 2 rings (SSSR count). The van der Waals surface area contributed by atoms with E-state index in [4.69, 9.17) is 16.3 Å². The number of hydrogen-bond donors (Lipinski definition) is 1. The quantitative estimate of drug-likeness (QED) is 0.919. The lowest BCUT2D eigenvalue weighted by Crippen LogP contribution is -2.13. The Balaban J connectivity index is 2.26. The minimum absolute atomic E-state index is 0.186. The van der Waals surface area contributed by atoms with E-state index in [1.54, 1.807) is 31.4 Å². The second-order valence-electron chi connectivity index (χ2n) is 4.60. The Kier molecular flexibility index (Phi) is 4.30. The third-order valence-electron chi connectivity index (χ3n) is 3.12. The molecule has 0 bridgehead atoms. The molecule has 0 aliphatic rings. The van der Waals surface area contributed by atoms with Crippen LogP contribution in [0, 0.1) is 13.8 Å². The third kappa shape index (κ3) is 3.11. The molecule has 0 saturated heterocycles. The molecule has 0 saturated carbocycles. The van der Waals surface area contributed by atoms with Crippen LogP contribution < -0.4 is 10.1 Å².